The Bertz CT molecular complexity index is 972. The lowest BCUT2D eigenvalue weighted by molar-refractivity contribution is -0.384. The summed E-state index contributed by atoms with van der Waals surface area (Å²) in [5.41, 5.74) is 1.70. The van der Waals surface area contributed by atoms with Gasteiger partial charge in [0.1, 0.15) is 5.84 Å². The van der Waals surface area contributed by atoms with Gasteiger partial charge in [-0.25, -0.2) is 0 Å². The van der Waals surface area contributed by atoms with Gasteiger partial charge in [-0.2, -0.15) is 8.42 Å². The van der Waals surface area contributed by atoms with Gasteiger partial charge < -0.3 is 4.90 Å². The molecule has 0 radical (unpaired) electrons. The SMILES string of the molecule is Cc1ccc(S(=O)(=O)/N=C(/Cc2ccc([N+](=O)[O-])cc2)N(C(C)C)C(C)C)cc1. The molecule has 0 saturated carbocycles. The number of nitro benzene ring substituents is 1. The van der Waals surface area contributed by atoms with Crippen molar-refractivity contribution >= 4 is 21.5 Å². The van der Waals surface area contributed by atoms with Gasteiger partial charge in [-0.15, -0.1) is 4.40 Å². The molecular formula is C21H27N3O4S. The van der Waals surface area contributed by atoms with Crippen LogP contribution in [0.3, 0.4) is 0 Å². The third-order valence-corrected chi connectivity index (χ3v) is 5.78. The first-order valence-electron chi connectivity index (χ1n) is 9.43. The number of amidine groups is 1. The lowest BCUT2D eigenvalue weighted by Gasteiger charge is -2.34. The molecule has 0 bridgehead atoms. The van der Waals surface area contributed by atoms with E-state index in [0.717, 1.165) is 11.1 Å². The Morgan fingerprint density at radius 1 is 1.00 bits per heavy atom. The zero-order valence-corrected chi connectivity index (χ0v) is 18.2. The molecule has 29 heavy (non-hydrogen) atoms. The van der Waals surface area contributed by atoms with E-state index in [1.54, 1.807) is 36.4 Å². The minimum absolute atomic E-state index is 0.0101. The van der Waals surface area contributed by atoms with Crippen LogP contribution in [-0.2, 0) is 16.4 Å². The van der Waals surface area contributed by atoms with Crippen molar-refractivity contribution in [3.05, 3.63) is 69.8 Å². The molecule has 2 aromatic carbocycles. The summed E-state index contributed by atoms with van der Waals surface area (Å²) in [6.45, 7) is 9.79. The molecule has 0 aromatic heterocycles. The summed E-state index contributed by atoms with van der Waals surface area (Å²) in [5, 5.41) is 10.9. The first-order chi connectivity index (χ1) is 13.5. The number of rotatable bonds is 7. The molecule has 8 heteroatoms. The molecule has 0 aliphatic heterocycles. The van der Waals surface area contributed by atoms with Crippen LogP contribution < -0.4 is 0 Å². The van der Waals surface area contributed by atoms with Crippen LogP contribution in [0.25, 0.3) is 0 Å². The van der Waals surface area contributed by atoms with Crippen molar-refractivity contribution < 1.29 is 13.3 Å². The van der Waals surface area contributed by atoms with Crippen molar-refractivity contribution in [3.63, 3.8) is 0 Å². The maximum absolute atomic E-state index is 12.9. The Morgan fingerprint density at radius 3 is 1.97 bits per heavy atom. The Morgan fingerprint density at radius 2 is 1.52 bits per heavy atom. The van der Waals surface area contributed by atoms with Gasteiger partial charge in [0.2, 0.25) is 0 Å². The van der Waals surface area contributed by atoms with Gasteiger partial charge in [-0.05, 0) is 52.3 Å². The molecule has 0 atom stereocenters. The third kappa shape index (κ3) is 5.87. The minimum atomic E-state index is -3.89. The van der Waals surface area contributed by atoms with Crippen molar-refractivity contribution in [3.8, 4) is 0 Å². The molecular weight excluding hydrogens is 390 g/mol. The van der Waals surface area contributed by atoms with Crippen LogP contribution in [-0.4, -0.2) is 36.2 Å². The number of benzene rings is 2. The number of aryl methyl sites for hydroxylation is 1. The average molecular weight is 418 g/mol. The zero-order valence-electron chi connectivity index (χ0n) is 17.4. The number of sulfonamides is 1. The lowest BCUT2D eigenvalue weighted by atomic mass is 10.1. The van der Waals surface area contributed by atoms with Gasteiger partial charge in [0.05, 0.1) is 9.82 Å². The van der Waals surface area contributed by atoms with Crippen LogP contribution in [0.15, 0.2) is 57.8 Å². The average Bonchev–Trinajstić information content (AvgIpc) is 2.61. The number of hydrogen-bond acceptors (Lipinski definition) is 4. The highest BCUT2D eigenvalue weighted by Crippen LogP contribution is 2.19. The fourth-order valence-electron chi connectivity index (χ4n) is 3.18. The molecule has 0 spiro atoms. The highest BCUT2D eigenvalue weighted by Gasteiger charge is 2.23. The van der Waals surface area contributed by atoms with Crippen LogP contribution in [0.1, 0.15) is 38.8 Å². The molecule has 0 unspecified atom stereocenters. The predicted octanol–water partition coefficient (Wildman–Crippen LogP) is 4.35. The summed E-state index contributed by atoms with van der Waals surface area (Å²) in [6, 6.07) is 12.7. The van der Waals surface area contributed by atoms with Gasteiger partial charge in [0.15, 0.2) is 0 Å². The van der Waals surface area contributed by atoms with Crippen molar-refractivity contribution in [1.82, 2.24) is 4.90 Å². The normalized spacial score (nSPS) is 12.4. The molecule has 0 fully saturated rings. The standard InChI is InChI=1S/C21H27N3O4S/c1-15(2)23(16(3)4)21(14-18-8-10-19(11-9-18)24(25)26)22-29(27,28)20-12-6-17(5)7-13-20/h6-13,15-16H,14H2,1-5H3/b22-21-. The van der Waals surface area contributed by atoms with Crippen LogP contribution in [0.5, 0.6) is 0 Å². The minimum Gasteiger partial charge on any atom is -0.354 e. The van der Waals surface area contributed by atoms with E-state index < -0.39 is 14.9 Å². The number of hydrogen-bond donors (Lipinski definition) is 0. The van der Waals surface area contributed by atoms with Crippen LogP contribution in [0.4, 0.5) is 5.69 Å². The van der Waals surface area contributed by atoms with E-state index in [2.05, 4.69) is 4.40 Å². The van der Waals surface area contributed by atoms with Crippen molar-refractivity contribution in [2.24, 2.45) is 4.40 Å². The van der Waals surface area contributed by atoms with E-state index in [9.17, 15) is 18.5 Å². The summed E-state index contributed by atoms with van der Waals surface area (Å²) in [7, 11) is -3.89. The predicted molar refractivity (Wildman–Crippen MR) is 115 cm³/mol. The fraction of sp³-hybridized carbons (Fsp3) is 0.381. The van der Waals surface area contributed by atoms with Gasteiger partial charge >= 0.3 is 0 Å². The third-order valence-electron chi connectivity index (χ3n) is 4.46. The molecule has 0 aliphatic carbocycles. The zero-order chi connectivity index (χ0) is 21.8. The Hall–Kier alpha value is -2.74. The number of nitrogens with zero attached hydrogens (tertiary/aromatic N) is 3. The van der Waals surface area contributed by atoms with E-state index >= 15 is 0 Å². The molecule has 156 valence electrons. The maximum Gasteiger partial charge on any atom is 0.283 e. The van der Waals surface area contributed by atoms with E-state index in [4.69, 9.17) is 0 Å². The van der Waals surface area contributed by atoms with Crippen molar-refractivity contribution in [2.75, 3.05) is 0 Å². The molecule has 0 N–H and O–H groups in total. The van der Waals surface area contributed by atoms with E-state index in [-0.39, 0.29) is 29.1 Å². The summed E-state index contributed by atoms with van der Waals surface area (Å²) in [5.74, 6) is 0.407. The Balaban J connectivity index is 2.50. The molecule has 2 rings (SSSR count). The quantitative estimate of drug-likeness (QED) is 0.289. The Kier molecular flexibility index (Phi) is 7.13. The molecule has 2 aromatic rings. The molecule has 0 aliphatic rings. The van der Waals surface area contributed by atoms with E-state index in [1.165, 1.54) is 12.1 Å². The van der Waals surface area contributed by atoms with E-state index in [0.29, 0.717) is 5.84 Å². The van der Waals surface area contributed by atoms with Gasteiger partial charge in [-0.3, -0.25) is 10.1 Å². The number of non-ortho nitro benzene ring substituents is 1. The monoisotopic (exact) mass is 417 g/mol. The lowest BCUT2D eigenvalue weighted by Crippen LogP contribution is -2.43. The Labute approximate surface area is 172 Å². The fourth-order valence-corrected chi connectivity index (χ4v) is 4.20. The summed E-state index contributed by atoms with van der Waals surface area (Å²) >= 11 is 0. The van der Waals surface area contributed by atoms with Crippen LogP contribution in [0.2, 0.25) is 0 Å². The van der Waals surface area contributed by atoms with Gasteiger partial charge in [0, 0.05) is 30.6 Å². The molecule has 0 heterocycles. The summed E-state index contributed by atoms with van der Waals surface area (Å²) in [4.78, 5) is 12.5. The summed E-state index contributed by atoms with van der Waals surface area (Å²) < 4.78 is 30.1. The van der Waals surface area contributed by atoms with E-state index in [1.807, 2.05) is 39.5 Å². The second kappa shape index (κ2) is 9.17. The largest absolute Gasteiger partial charge is 0.354 e. The van der Waals surface area contributed by atoms with Crippen molar-refractivity contribution in [1.29, 1.82) is 0 Å². The first kappa shape index (κ1) is 22.5. The number of nitro groups is 1. The molecule has 0 amide bonds. The first-order valence-corrected chi connectivity index (χ1v) is 10.9. The topological polar surface area (TPSA) is 92.9 Å². The summed E-state index contributed by atoms with van der Waals surface area (Å²) in [6.07, 6.45) is 0.249. The van der Waals surface area contributed by atoms with Crippen molar-refractivity contribution in [2.45, 2.75) is 58.0 Å². The highest BCUT2D eigenvalue weighted by molar-refractivity contribution is 7.90. The van der Waals surface area contributed by atoms with Gasteiger partial charge in [0.25, 0.3) is 15.7 Å². The second-order valence-corrected chi connectivity index (χ2v) is 9.09. The van der Waals surface area contributed by atoms with Crippen LogP contribution in [0, 0.1) is 17.0 Å². The maximum atomic E-state index is 12.9. The molecule has 7 nitrogen and oxygen atoms in total. The second-order valence-electron chi connectivity index (χ2n) is 7.49. The van der Waals surface area contributed by atoms with Crippen LogP contribution >= 0.6 is 0 Å². The smallest absolute Gasteiger partial charge is 0.283 e. The molecule has 0 saturated heterocycles. The van der Waals surface area contributed by atoms with Gasteiger partial charge in [-0.1, -0.05) is 29.8 Å². The highest BCUT2D eigenvalue weighted by atomic mass is 32.2.